The summed E-state index contributed by atoms with van der Waals surface area (Å²) in [5.74, 6) is -2.01. The molecule has 0 spiro atoms. The minimum atomic E-state index is -1.00. The monoisotopic (exact) mass is 406 g/mol. The van der Waals surface area contributed by atoms with E-state index in [0.717, 1.165) is 10.8 Å². The lowest BCUT2D eigenvalue weighted by molar-refractivity contribution is 0.0684. The molecule has 0 saturated carbocycles. The highest BCUT2D eigenvalue weighted by Gasteiger charge is 2.18. The van der Waals surface area contributed by atoms with E-state index in [9.17, 15) is 19.8 Å². The fraction of sp³-hybridized carbons (Fsp3) is 0. The van der Waals surface area contributed by atoms with Crippen molar-refractivity contribution in [2.45, 2.75) is 9.79 Å². The van der Waals surface area contributed by atoms with Crippen molar-refractivity contribution in [1.29, 1.82) is 0 Å². The van der Waals surface area contributed by atoms with Crippen LogP contribution in [-0.4, -0.2) is 22.2 Å². The predicted octanol–water partition coefficient (Wildman–Crippen LogP) is 6.19. The van der Waals surface area contributed by atoms with Crippen molar-refractivity contribution in [3.63, 3.8) is 0 Å². The molecule has 0 radical (unpaired) electrons. The second kappa shape index (κ2) is 7.58. The van der Waals surface area contributed by atoms with Crippen LogP contribution >= 0.6 is 21.6 Å². The highest BCUT2D eigenvalue weighted by Crippen LogP contribution is 2.43. The van der Waals surface area contributed by atoms with E-state index >= 15 is 0 Å². The molecular weight excluding hydrogens is 392 g/mol. The van der Waals surface area contributed by atoms with Gasteiger partial charge in [-0.1, -0.05) is 82.3 Å². The van der Waals surface area contributed by atoms with Gasteiger partial charge in [0.1, 0.15) is 0 Å². The summed E-state index contributed by atoms with van der Waals surface area (Å²) in [6.07, 6.45) is 0. The third-order valence-electron chi connectivity index (χ3n) is 4.43. The van der Waals surface area contributed by atoms with Crippen molar-refractivity contribution in [2.24, 2.45) is 0 Å². The smallest absolute Gasteiger partial charge is 0.337 e. The van der Waals surface area contributed by atoms with Gasteiger partial charge in [0.25, 0.3) is 0 Å². The molecule has 0 fully saturated rings. The molecule has 0 saturated heterocycles. The Bertz CT molecular complexity index is 1140. The second-order valence-electron chi connectivity index (χ2n) is 6.10. The number of hydrogen-bond acceptors (Lipinski definition) is 4. The largest absolute Gasteiger partial charge is 0.478 e. The standard InChI is InChI=1S/C22H14O4S2/c23-21(24)19-15-7-3-1-5-13(15)9-11-17(19)27-28-18-12-10-14-6-2-4-8-16(14)20(18)22(25)26/h1-12H,(H,23,24)(H,25,26). The topological polar surface area (TPSA) is 74.6 Å². The average Bonchev–Trinajstić information content (AvgIpc) is 2.70. The van der Waals surface area contributed by atoms with E-state index < -0.39 is 11.9 Å². The highest BCUT2D eigenvalue weighted by atomic mass is 33.1. The van der Waals surface area contributed by atoms with Gasteiger partial charge in [-0.15, -0.1) is 0 Å². The first-order chi connectivity index (χ1) is 13.6. The number of fused-ring (bicyclic) bond motifs is 2. The van der Waals surface area contributed by atoms with Crippen molar-refractivity contribution >= 4 is 55.1 Å². The first-order valence-electron chi connectivity index (χ1n) is 8.41. The summed E-state index contributed by atoms with van der Waals surface area (Å²) in [6, 6.07) is 21.9. The Balaban J connectivity index is 1.76. The summed E-state index contributed by atoms with van der Waals surface area (Å²) in [7, 11) is 2.51. The van der Waals surface area contributed by atoms with Crippen LogP contribution in [0.4, 0.5) is 0 Å². The molecule has 0 aliphatic heterocycles. The fourth-order valence-corrected chi connectivity index (χ4v) is 5.53. The lowest BCUT2D eigenvalue weighted by atomic mass is 10.0. The van der Waals surface area contributed by atoms with E-state index in [2.05, 4.69) is 0 Å². The lowest BCUT2D eigenvalue weighted by Gasteiger charge is -2.11. The summed E-state index contributed by atoms with van der Waals surface area (Å²) in [6.45, 7) is 0. The molecule has 4 rings (SSSR count). The maximum atomic E-state index is 11.9. The van der Waals surface area contributed by atoms with Gasteiger partial charge in [-0.3, -0.25) is 0 Å². The van der Waals surface area contributed by atoms with Gasteiger partial charge >= 0.3 is 11.9 Å². The van der Waals surface area contributed by atoms with Gasteiger partial charge in [0.15, 0.2) is 0 Å². The number of carboxylic acid groups (broad SMARTS) is 2. The SMILES string of the molecule is O=C(O)c1c(SSc2ccc3ccccc3c2C(=O)O)ccc2ccccc12. The van der Waals surface area contributed by atoms with Crippen LogP contribution in [0.5, 0.6) is 0 Å². The predicted molar refractivity (Wildman–Crippen MR) is 114 cm³/mol. The summed E-state index contributed by atoms with van der Waals surface area (Å²) in [4.78, 5) is 24.9. The molecule has 0 heterocycles. The summed E-state index contributed by atoms with van der Waals surface area (Å²) in [5.41, 5.74) is 0.460. The minimum absolute atomic E-state index is 0.230. The van der Waals surface area contributed by atoms with Gasteiger partial charge in [0.05, 0.1) is 11.1 Å². The molecule has 4 nitrogen and oxygen atoms in total. The minimum Gasteiger partial charge on any atom is -0.478 e. The zero-order valence-corrected chi connectivity index (χ0v) is 16.1. The van der Waals surface area contributed by atoms with Crippen LogP contribution in [0.2, 0.25) is 0 Å². The number of rotatable bonds is 5. The van der Waals surface area contributed by atoms with Gasteiger partial charge in [-0.2, -0.15) is 0 Å². The molecule has 0 atom stereocenters. The Hall–Kier alpha value is -2.96. The van der Waals surface area contributed by atoms with Crippen LogP contribution in [0.1, 0.15) is 20.7 Å². The normalized spacial score (nSPS) is 11.0. The van der Waals surface area contributed by atoms with E-state index in [-0.39, 0.29) is 11.1 Å². The van der Waals surface area contributed by atoms with Crippen LogP contribution in [0.15, 0.2) is 82.6 Å². The molecule has 0 aliphatic carbocycles. The lowest BCUT2D eigenvalue weighted by Crippen LogP contribution is -2.01. The first kappa shape index (κ1) is 18.4. The van der Waals surface area contributed by atoms with Crippen LogP contribution in [0, 0.1) is 0 Å². The highest BCUT2D eigenvalue weighted by molar-refractivity contribution is 8.76. The number of hydrogen-bond donors (Lipinski definition) is 2. The fourth-order valence-electron chi connectivity index (χ4n) is 3.17. The maximum absolute atomic E-state index is 11.9. The number of aromatic carboxylic acids is 2. The molecule has 0 aromatic heterocycles. The Morgan fingerprint density at radius 3 is 1.36 bits per heavy atom. The van der Waals surface area contributed by atoms with Gasteiger partial charge in [0, 0.05) is 9.79 Å². The van der Waals surface area contributed by atoms with Crippen molar-refractivity contribution in [1.82, 2.24) is 0 Å². The zero-order valence-electron chi connectivity index (χ0n) is 14.5. The quantitative estimate of drug-likeness (QED) is 0.385. The molecule has 28 heavy (non-hydrogen) atoms. The van der Waals surface area contributed by atoms with Crippen molar-refractivity contribution < 1.29 is 19.8 Å². The third kappa shape index (κ3) is 3.32. The molecule has 138 valence electrons. The Morgan fingerprint density at radius 1 is 0.571 bits per heavy atom. The van der Waals surface area contributed by atoms with E-state index in [1.165, 1.54) is 21.6 Å². The molecule has 0 aliphatic rings. The van der Waals surface area contributed by atoms with Crippen LogP contribution < -0.4 is 0 Å². The number of benzene rings is 4. The average molecular weight is 406 g/mol. The van der Waals surface area contributed by atoms with Gasteiger partial charge in [0.2, 0.25) is 0 Å². The summed E-state index contributed by atoms with van der Waals surface area (Å²) in [5, 5.41) is 22.5. The second-order valence-corrected chi connectivity index (χ2v) is 8.31. The van der Waals surface area contributed by atoms with Crippen LogP contribution in [0.3, 0.4) is 0 Å². The Kier molecular flexibility index (Phi) is 4.98. The van der Waals surface area contributed by atoms with Crippen molar-refractivity contribution in [3.8, 4) is 0 Å². The van der Waals surface area contributed by atoms with E-state index in [1.807, 2.05) is 48.5 Å². The molecular formula is C22H14O4S2. The molecule has 4 aromatic carbocycles. The first-order valence-corrected chi connectivity index (χ1v) is 10.6. The Labute approximate surface area is 168 Å². The van der Waals surface area contributed by atoms with Gasteiger partial charge < -0.3 is 10.2 Å². The molecule has 0 amide bonds. The van der Waals surface area contributed by atoms with Crippen LogP contribution in [0.25, 0.3) is 21.5 Å². The molecule has 6 heteroatoms. The third-order valence-corrected chi connectivity index (χ3v) is 6.88. The van der Waals surface area contributed by atoms with E-state index in [1.54, 1.807) is 24.3 Å². The Morgan fingerprint density at radius 2 is 0.964 bits per heavy atom. The molecule has 0 bridgehead atoms. The van der Waals surface area contributed by atoms with E-state index in [0.29, 0.717) is 20.6 Å². The van der Waals surface area contributed by atoms with Crippen molar-refractivity contribution in [2.75, 3.05) is 0 Å². The van der Waals surface area contributed by atoms with Crippen LogP contribution in [-0.2, 0) is 0 Å². The maximum Gasteiger partial charge on any atom is 0.337 e. The van der Waals surface area contributed by atoms with Crippen molar-refractivity contribution in [3.05, 3.63) is 83.9 Å². The summed E-state index contributed by atoms with van der Waals surface area (Å²) >= 11 is 0. The number of carboxylic acids is 2. The number of carbonyl (C=O) groups is 2. The molecule has 2 N–H and O–H groups in total. The zero-order chi connectivity index (χ0) is 19.7. The van der Waals surface area contributed by atoms with E-state index in [4.69, 9.17) is 0 Å². The molecule has 4 aromatic rings. The summed E-state index contributed by atoms with van der Waals surface area (Å²) < 4.78 is 0. The molecule has 0 unspecified atom stereocenters. The van der Waals surface area contributed by atoms with Gasteiger partial charge in [-0.25, -0.2) is 9.59 Å². The van der Waals surface area contributed by atoms with Gasteiger partial charge in [-0.05, 0) is 33.7 Å².